The number of hydrogen-bond donors (Lipinski definition) is 1. The topological polar surface area (TPSA) is 116 Å². The van der Waals surface area contributed by atoms with Crippen LogP contribution in [0.2, 0.25) is 10.2 Å². The van der Waals surface area contributed by atoms with Gasteiger partial charge in [-0.15, -0.1) is 0 Å². The number of nitro groups is 1. The summed E-state index contributed by atoms with van der Waals surface area (Å²) < 4.78 is 19.4. The van der Waals surface area contributed by atoms with Gasteiger partial charge in [0.1, 0.15) is 11.0 Å². The summed E-state index contributed by atoms with van der Waals surface area (Å²) >= 11 is 12.2. The molecule has 0 atom stereocenters. The van der Waals surface area contributed by atoms with E-state index < -0.39 is 29.2 Å². The van der Waals surface area contributed by atoms with Crippen LogP contribution in [0.5, 0.6) is 0 Å². The second-order valence-electron chi connectivity index (χ2n) is 6.59. The lowest BCUT2D eigenvalue weighted by Gasteiger charge is -2.07. The number of carbonyl (C=O) groups is 2. The van der Waals surface area contributed by atoms with Gasteiger partial charge in [-0.05, 0) is 43.3 Å². The Morgan fingerprint density at radius 3 is 2.61 bits per heavy atom. The molecule has 3 aromatic rings. The highest BCUT2D eigenvalue weighted by molar-refractivity contribution is 6.33. The molecule has 12 heteroatoms. The first-order valence-electron chi connectivity index (χ1n) is 9.25. The van der Waals surface area contributed by atoms with Gasteiger partial charge in [-0.1, -0.05) is 23.2 Å². The van der Waals surface area contributed by atoms with E-state index in [1.165, 1.54) is 47.2 Å². The second-order valence-corrected chi connectivity index (χ2v) is 7.35. The average molecular weight is 493 g/mol. The van der Waals surface area contributed by atoms with E-state index in [1.807, 2.05) is 0 Å². The number of aromatic nitrogens is 2. The maximum Gasteiger partial charge on any atom is 0.331 e. The Morgan fingerprint density at radius 1 is 1.24 bits per heavy atom. The lowest BCUT2D eigenvalue weighted by atomic mass is 10.2. The summed E-state index contributed by atoms with van der Waals surface area (Å²) in [6, 6.07) is 9.08. The molecule has 170 valence electrons. The number of anilines is 1. The molecular weight excluding hydrogens is 478 g/mol. The van der Waals surface area contributed by atoms with Gasteiger partial charge in [0.15, 0.2) is 6.61 Å². The quantitative estimate of drug-likeness (QED) is 0.220. The SMILES string of the molecule is Cc1nn(-c2ccc(F)cc2)c(Cl)c1/C=C/C(=O)OCC(=O)Nc1cc([N+](=O)[O-])ccc1Cl. The fraction of sp³-hybridized carbons (Fsp3) is 0.0952. The Hall–Kier alpha value is -3.76. The molecule has 0 aliphatic carbocycles. The van der Waals surface area contributed by atoms with Gasteiger partial charge in [-0.2, -0.15) is 5.10 Å². The number of rotatable bonds is 7. The first kappa shape index (κ1) is 23.9. The normalized spacial score (nSPS) is 10.9. The summed E-state index contributed by atoms with van der Waals surface area (Å²) in [5.41, 5.74) is 1.22. The van der Waals surface area contributed by atoms with E-state index in [2.05, 4.69) is 10.4 Å². The molecule has 0 aliphatic rings. The average Bonchev–Trinajstić information content (AvgIpc) is 3.06. The van der Waals surface area contributed by atoms with Gasteiger partial charge in [-0.25, -0.2) is 13.9 Å². The molecule has 9 nitrogen and oxygen atoms in total. The summed E-state index contributed by atoms with van der Waals surface area (Å²) in [7, 11) is 0. The molecule has 0 saturated carbocycles. The Morgan fingerprint density at radius 2 is 1.94 bits per heavy atom. The number of non-ortho nitro benzene ring substituents is 1. The highest BCUT2D eigenvalue weighted by atomic mass is 35.5. The minimum absolute atomic E-state index is 0.0121. The molecular formula is C21H15Cl2FN4O5. The highest BCUT2D eigenvalue weighted by Gasteiger charge is 2.15. The molecule has 3 rings (SSSR count). The molecule has 0 spiro atoms. The Kier molecular flexibility index (Phi) is 7.41. The number of benzene rings is 2. The highest BCUT2D eigenvalue weighted by Crippen LogP contribution is 2.27. The van der Waals surface area contributed by atoms with E-state index in [-0.39, 0.29) is 21.6 Å². The lowest BCUT2D eigenvalue weighted by molar-refractivity contribution is -0.384. The van der Waals surface area contributed by atoms with Gasteiger partial charge in [0.05, 0.1) is 27.0 Å². The third kappa shape index (κ3) is 5.93. The molecule has 33 heavy (non-hydrogen) atoms. The van der Waals surface area contributed by atoms with Gasteiger partial charge < -0.3 is 10.1 Å². The van der Waals surface area contributed by atoms with E-state index in [9.17, 15) is 24.1 Å². The number of amides is 1. The zero-order valence-corrected chi connectivity index (χ0v) is 18.4. The van der Waals surface area contributed by atoms with Gasteiger partial charge in [0.2, 0.25) is 0 Å². The third-order valence-electron chi connectivity index (χ3n) is 4.29. The van der Waals surface area contributed by atoms with Crippen LogP contribution in [0.15, 0.2) is 48.5 Å². The van der Waals surface area contributed by atoms with E-state index in [1.54, 1.807) is 6.92 Å². The summed E-state index contributed by atoms with van der Waals surface area (Å²) in [4.78, 5) is 34.2. The van der Waals surface area contributed by atoms with Crippen molar-refractivity contribution in [1.82, 2.24) is 9.78 Å². The van der Waals surface area contributed by atoms with Crippen LogP contribution in [0.3, 0.4) is 0 Å². The number of halogens is 3. The van der Waals surface area contributed by atoms with Crippen LogP contribution in [0.4, 0.5) is 15.8 Å². The van der Waals surface area contributed by atoms with Crippen molar-refractivity contribution in [3.05, 3.63) is 85.9 Å². The Bertz CT molecular complexity index is 1260. The van der Waals surface area contributed by atoms with Gasteiger partial charge >= 0.3 is 5.97 Å². The van der Waals surface area contributed by atoms with Crippen molar-refractivity contribution >= 4 is 52.5 Å². The first-order valence-corrected chi connectivity index (χ1v) is 10.0. The number of esters is 1. The van der Waals surface area contributed by atoms with Crippen molar-refractivity contribution in [2.45, 2.75) is 6.92 Å². The standard InChI is InChI=1S/C21H15Cl2FN4O5/c1-12-16(21(23)27(26-12)14-4-2-13(24)3-5-14)7-9-20(30)33-11-19(29)25-18-10-15(28(31)32)6-8-17(18)22/h2-10H,11H2,1H3,(H,25,29)/b9-7+. The fourth-order valence-electron chi connectivity index (χ4n) is 2.70. The van der Waals surface area contributed by atoms with Crippen LogP contribution in [0.1, 0.15) is 11.3 Å². The molecule has 0 bridgehead atoms. The van der Waals surface area contributed by atoms with Crippen molar-refractivity contribution in [2.24, 2.45) is 0 Å². The van der Waals surface area contributed by atoms with Crippen molar-refractivity contribution < 1.29 is 23.6 Å². The molecule has 1 amide bonds. The van der Waals surface area contributed by atoms with Crippen molar-refractivity contribution in [3.63, 3.8) is 0 Å². The zero-order valence-electron chi connectivity index (χ0n) is 16.9. The molecule has 0 unspecified atom stereocenters. The summed E-state index contributed by atoms with van der Waals surface area (Å²) in [5, 5.41) is 17.7. The summed E-state index contributed by atoms with van der Waals surface area (Å²) in [5.74, 6) is -1.98. The van der Waals surface area contributed by atoms with Crippen LogP contribution < -0.4 is 5.32 Å². The Labute approximate surface area is 196 Å². The minimum atomic E-state index is -0.833. The van der Waals surface area contributed by atoms with E-state index in [0.29, 0.717) is 16.9 Å². The number of nitro benzene ring substituents is 1. The second kappa shape index (κ2) is 10.2. The first-order chi connectivity index (χ1) is 15.7. The van der Waals surface area contributed by atoms with Gasteiger partial charge in [0.25, 0.3) is 11.6 Å². The van der Waals surface area contributed by atoms with Gasteiger partial charge in [-0.3, -0.25) is 14.9 Å². The van der Waals surface area contributed by atoms with Crippen LogP contribution in [-0.2, 0) is 14.3 Å². The zero-order chi connectivity index (χ0) is 24.1. The van der Waals surface area contributed by atoms with Crippen molar-refractivity contribution in [3.8, 4) is 5.69 Å². The van der Waals surface area contributed by atoms with Crippen LogP contribution in [0.25, 0.3) is 11.8 Å². The number of aryl methyl sites for hydroxylation is 1. The predicted molar refractivity (Wildman–Crippen MR) is 120 cm³/mol. The van der Waals surface area contributed by atoms with E-state index >= 15 is 0 Å². The Balaban J connectivity index is 1.62. The van der Waals surface area contributed by atoms with E-state index in [4.69, 9.17) is 27.9 Å². The van der Waals surface area contributed by atoms with E-state index in [0.717, 1.165) is 12.1 Å². The maximum atomic E-state index is 13.1. The molecule has 1 heterocycles. The number of hydrogen-bond acceptors (Lipinski definition) is 6. The van der Waals surface area contributed by atoms with Crippen molar-refractivity contribution in [1.29, 1.82) is 0 Å². The number of ether oxygens (including phenoxy) is 1. The molecule has 1 aromatic heterocycles. The van der Waals surface area contributed by atoms with Crippen molar-refractivity contribution in [2.75, 3.05) is 11.9 Å². The lowest BCUT2D eigenvalue weighted by Crippen LogP contribution is -2.20. The van der Waals surface area contributed by atoms with Gasteiger partial charge in [0, 0.05) is 23.8 Å². The van der Waals surface area contributed by atoms with Crippen LogP contribution in [0, 0.1) is 22.9 Å². The monoisotopic (exact) mass is 492 g/mol. The number of carbonyl (C=O) groups excluding carboxylic acids is 2. The number of nitrogens with zero attached hydrogens (tertiary/aromatic N) is 3. The molecule has 0 fully saturated rings. The smallest absolute Gasteiger partial charge is 0.331 e. The number of nitrogens with one attached hydrogen (secondary N) is 1. The molecule has 2 aromatic carbocycles. The molecule has 0 saturated heterocycles. The fourth-order valence-corrected chi connectivity index (χ4v) is 3.20. The molecule has 0 aliphatic heterocycles. The largest absolute Gasteiger partial charge is 0.452 e. The maximum absolute atomic E-state index is 13.1. The van der Waals surface area contributed by atoms with Crippen LogP contribution >= 0.6 is 23.2 Å². The molecule has 0 radical (unpaired) electrons. The predicted octanol–water partition coefficient (Wildman–Crippen LogP) is 4.73. The summed E-state index contributed by atoms with van der Waals surface area (Å²) in [6.45, 7) is 1.02. The van der Waals surface area contributed by atoms with Crippen LogP contribution in [-0.4, -0.2) is 33.2 Å². The molecule has 1 N–H and O–H groups in total. The third-order valence-corrected chi connectivity index (χ3v) is 4.98. The minimum Gasteiger partial charge on any atom is -0.452 e. The summed E-state index contributed by atoms with van der Waals surface area (Å²) in [6.07, 6.45) is 2.45.